The van der Waals surface area contributed by atoms with E-state index in [9.17, 15) is 14.9 Å². The zero-order valence-electron chi connectivity index (χ0n) is 20.9. The van der Waals surface area contributed by atoms with Gasteiger partial charge in [-0.05, 0) is 51.3 Å². The maximum atomic E-state index is 15.1. The summed E-state index contributed by atoms with van der Waals surface area (Å²) in [6, 6.07) is 6.80. The fraction of sp³-hybridized carbons (Fsp3) is 0.308. The zero-order chi connectivity index (χ0) is 26.4. The normalized spacial score (nSPS) is 13.7. The van der Waals surface area contributed by atoms with Crippen molar-refractivity contribution in [1.29, 1.82) is 0 Å². The van der Waals surface area contributed by atoms with Crippen molar-refractivity contribution >= 4 is 34.0 Å². The molecule has 4 aromatic rings. The second-order valence-corrected chi connectivity index (χ2v) is 9.47. The van der Waals surface area contributed by atoms with Gasteiger partial charge in [0.15, 0.2) is 5.82 Å². The lowest BCUT2D eigenvalue weighted by molar-refractivity contribution is -0.386. The number of pyridine rings is 2. The number of amides is 1. The molecule has 10 nitrogen and oxygen atoms in total. The summed E-state index contributed by atoms with van der Waals surface area (Å²) in [5.41, 5.74) is 2.05. The molecule has 0 aliphatic carbocycles. The summed E-state index contributed by atoms with van der Waals surface area (Å²) in [5, 5.41) is 20.5. The zero-order valence-corrected chi connectivity index (χ0v) is 20.9. The Morgan fingerprint density at radius 3 is 2.57 bits per heavy atom. The van der Waals surface area contributed by atoms with Gasteiger partial charge in [-0.3, -0.25) is 24.6 Å². The van der Waals surface area contributed by atoms with Crippen LogP contribution < -0.4 is 5.32 Å². The minimum atomic E-state index is -0.518. The highest BCUT2D eigenvalue weighted by Crippen LogP contribution is 2.35. The first-order valence-corrected chi connectivity index (χ1v) is 12.0. The number of benzene rings is 1. The smallest absolute Gasteiger partial charge is 0.293 e. The number of carbonyl (C=O) groups is 1. The highest BCUT2D eigenvalue weighted by Gasteiger charge is 2.24. The number of nitrogens with zero attached hydrogens (tertiary/aromatic N) is 6. The number of anilines is 2. The monoisotopic (exact) mass is 503 g/mol. The van der Waals surface area contributed by atoms with Crippen molar-refractivity contribution in [2.24, 2.45) is 0 Å². The van der Waals surface area contributed by atoms with Gasteiger partial charge in [0, 0.05) is 65.2 Å². The van der Waals surface area contributed by atoms with E-state index in [1.165, 1.54) is 12.3 Å². The highest BCUT2D eigenvalue weighted by atomic mass is 19.1. The Hall–Kier alpha value is -4.41. The third kappa shape index (κ3) is 4.48. The molecule has 0 bridgehead atoms. The molecule has 1 aliphatic heterocycles. The highest BCUT2D eigenvalue weighted by molar-refractivity contribution is 5.90. The molecule has 37 heavy (non-hydrogen) atoms. The molecule has 5 rings (SSSR count). The molecule has 0 saturated carbocycles. The lowest BCUT2D eigenvalue weighted by atomic mass is 9.98. The predicted molar refractivity (Wildman–Crippen MR) is 137 cm³/mol. The lowest BCUT2D eigenvalue weighted by Gasteiger charge is -2.24. The van der Waals surface area contributed by atoms with Crippen molar-refractivity contribution in [3.05, 3.63) is 69.5 Å². The van der Waals surface area contributed by atoms with Crippen LogP contribution in [-0.4, -0.2) is 48.1 Å². The van der Waals surface area contributed by atoms with Crippen LogP contribution in [0.25, 0.3) is 21.9 Å². The van der Waals surface area contributed by atoms with Gasteiger partial charge in [-0.2, -0.15) is 5.10 Å². The maximum Gasteiger partial charge on any atom is 0.293 e. The van der Waals surface area contributed by atoms with Gasteiger partial charge in [0.1, 0.15) is 23.9 Å². The molecule has 0 radical (unpaired) electrons. The van der Waals surface area contributed by atoms with Gasteiger partial charge in [-0.15, -0.1) is 0 Å². The molecule has 11 heteroatoms. The second kappa shape index (κ2) is 9.23. The average molecular weight is 504 g/mol. The number of hydrogen-bond donors (Lipinski definition) is 1. The first-order valence-electron chi connectivity index (χ1n) is 12.0. The Kier molecular flexibility index (Phi) is 6.06. The van der Waals surface area contributed by atoms with Gasteiger partial charge in [0.05, 0.1) is 4.92 Å². The number of nitrogens with one attached hydrogen (secondary N) is 1. The van der Waals surface area contributed by atoms with Crippen LogP contribution >= 0.6 is 0 Å². The number of nitro groups is 1. The van der Waals surface area contributed by atoms with Crippen LogP contribution in [0.15, 0.2) is 36.7 Å². The molecule has 0 atom stereocenters. The Labute approximate surface area is 212 Å². The van der Waals surface area contributed by atoms with Gasteiger partial charge in [-0.25, -0.2) is 9.37 Å². The quantitative estimate of drug-likeness (QED) is 0.310. The van der Waals surface area contributed by atoms with Crippen molar-refractivity contribution in [3.63, 3.8) is 0 Å². The first kappa shape index (κ1) is 24.3. The average Bonchev–Trinajstić information content (AvgIpc) is 3.11. The van der Waals surface area contributed by atoms with E-state index >= 15 is 4.39 Å². The molecule has 190 valence electrons. The van der Waals surface area contributed by atoms with Gasteiger partial charge in [0.25, 0.3) is 5.69 Å². The van der Waals surface area contributed by atoms with Crippen LogP contribution in [0.3, 0.4) is 0 Å². The maximum absolute atomic E-state index is 15.1. The Balaban J connectivity index is 1.46. The topological polar surface area (TPSA) is 119 Å². The van der Waals surface area contributed by atoms with Gasteiger partial charge in [0.2, 0.25) is 5.91 Å². The minimum absolute atomic E-state index is 0.0305. The molecule has 3 aromatic heterocycles. The summed E-state index contributed by atoms with van der Waals surface area (Å²) in [5.74, 6) is 0.571. The number of halogens is 1. The van der Waals surface area contributed by atoms with E-state index in [-0.39, 0.29) is 35.4 Å². The van der Waals surface area contributed by atoms with E-state index < -0.39 is 10.7 Å². The predicted octanol–water partition coefficient (Wildman–Crippen LogP) is 4.69. The van der Waals surface area contributed by atoms with E-state index in [1.807, 2.05) is 24.8 Å². The molecule has 4 heterocycles. The summed E-state index contributed by atoms with van der Waals surface area (Å²) in [4.78, 5) is 34.0. The van der Waals surface area contributed by atoms with Crippen LogP contribution in [0, 0.1) is 29.8 Å². The van der Waals surface area contributed by atoms with Crippen molar-refractivity contribution in [1.82, 2.24) is 24.6 Å². The van der Waals surface area contributed by atoms with Crippen molar-refractivity contribution < 1.29 is 14.1 Å². The third-order valence-electron chi connectivity index (χ3n) is 6.73. The largest absolute Gasteiger partial charge is 0.338 e. The number of hydrogen-bond acceptors (Lipinski definition) is 7. The van der Waals surface area contributed by atoms with Gasteiger partial charge >= 0.3 is 0 Å². The SMILES string of the molecule is Cc1ncc(-c2cc3cc(Nc4cc5n(n4)CC(=O)N(C(C)C)CC5)ncc3cc2F)c(C)c1[N+](=O)[O-]. The Morgan fingerprint density at radius 2 is 1.84 bits per heavy atom. The van der Waals surface area contributed by atoms with Crippen LogP contribution in [0.4, 0.5) is 21.7 Å². The summed E-state index contributed by atoms with van der Waals surface area (Å²) in [6.07, 6.45) is 3.71. The van der Waals surface area contributed by atoms with E-state index in [1.54, 1.807) is 36.9 Å². The summed E-state index contributed by atoms with van der Waals surface area (Å²) >= 11 is 0. The first-order chi connectivity index (χ1) is 17.6. The van der Waals surface area contributed by atoms with Crippen molar-refractivity contribution in [2.45, 2.75) is 46.7 Å². The molecule has 0 fully saturated rings. The molecule has 1 aliphatic rings. The lowest BCUT2D eigenvalue weighted by Crippen LogP contribution is -2.38. The minimum Gasteiger partial charge on any atom is -0.338 e. The Morgan fingerprint density at radius 1 is 1.05 bits per heavy atom. The fourth-order valence-corrected chi connectivity index (χ4v) is 4.81. The second-order valence-electron chi connectivity index (χ2n) is 9.47. The van der Waals surface area contributed by atoms with Crippen LogP contribution in [0.5, 0.6) is 0 Å². The number of carbonyl (C=O) groups excluding carboxylic acids is 1. The van der Waals surface area contributed by atoms with E-state index in [0.717, 1.165) is 5.69 Å². The van der Waals surface area contributed by atoms with Gasteiger partial charge in [-0.1, -0.05) is 0 Å². The van der Waals surface area contributed by atoms with Crippen LogP contribution in [0.1, 0.15) is 30.8 Å². The van der Waals surface area contributed by atoms with E-state index in [0.29, 0.717) is 46.5 Å². The third-order valence-corrected chi connectivity index (χ3v) is 6.73. The number of aromatic nitrogens is 4. The number of rotatable bonds is 5. The summed E-state index contributed by atoms with van der Waals surface area (Å²) in [6.45, 7) is 7.97. The molecule has 0 spiro atoms. The molecule has 1 aromatic carbocycles. The summed E-state index contributed by atoms with van der Waals surface area (Å²) < 4.78 is 16.8. The standard InChI is InChI=1S/C26H26FN7O3/c1-14(2)32-6-5-19-10-24(31-33(19)13-25(32)35)30-23-9-17-7-20(22(27)8-18(17)11-29-23)21-12-28-16(4)26(15(21)3)34(36)37/h7-12,14H,5-6,13H2,1-4H3,(H,29,30,31). The molecular weight excluding hydrogens is 477 g/mol. The van der Waals surface area contributed by atoms with E-state index in [2.05, 4.69) is 20.4 Å². The van der Waals surface area contributed by atoms with Crippen LogP contribution in [-0.2, 0) is 17.8 Å². The van der Waals surface area contributed by atoms with E-state index in [4.69, 9.17) is 0 Å². The van der Waals surface area contributed by atoms with Crippen LogP contribution in [0.2, 0.25) is 0 Å². The molecular formula is C26H26FN7O3. The molecule has 0 unspecified atom stereocenters. The Bertz CT molecular complexity index is 1560. The summed E-state index contributed by atoms with van der Waals surface area (Å²) in [7, 11) is 0. The number of aryl methyl sites for hydroxylation is 1. The van der Waals surface area contributed by atoms with Crippen molar-refractivity contribution in [2.75, 3.05) is 11.9 Å². The molecule has 0 saturated heterocycles. The molecule has 1 N–H and O–H groups in total. The molecule has 1 amide bonds. The number of fused-ring (bicyclic) bond motifs is 2. The fourth-order valence-electron chi connectivity index (χ4n) is 4.81. The van der Waals surface area contributed by atoms with Gasteiger partial charge < -0.3 is 10.2 Å². The van der Waals surface area contributed by atoms with Crippen molar-refractivity contribution in [3.8, 4) is 11.1 Å².